The van der Waals surface area contributed by atoms with E-state index in [1.165, 1.54) is 28.6 Å². The molecule has 5 aromatic rings. The van der Waals surface area contributed by atoms with Gasteiger partial charge >= 0.3 is 0 Å². The third-order valence-corrected chi connectivity index (χ3v) is 7.18. The van der Waals surface area contributed by atoms with Gasteiger partial charge in [-0.15, -0.1) is 5.10 Å². The van der Waals surface area contributed by atoms with E-state index < -0.39 is 23.7 Å². The Morgan fingerprint density at radius 2 is 1.81 bits per heavy atom. The van der Waals surface area contributed by atoms with Crippen LogP contribution in [0.2, 0.25) is 5.02 Å². The minimum absolute atomic E-state index is 0.106. The van der Waals surface area contributed by atoms with Gasteiger partial charge in [-0.25, -0.2) is 13.5 Å². The van der Waals surface area contributed by atoms with E-state index in [-0.39, 0.29) is 12.2 Å². The first-order chi connectivity index (χ1) is 20.3. The molecule has 0 amide bonds. The van der Waals surface area contributed by atoms with Crippen molar-refractivity contribution in [1.82, 2.24) is 29.5 Å². The van der Waals surface area contributed by atoms with Crippen LogP contribution in [0.1, 0.15) is 49.9 Å². The highest BCUT2D eigenvalue weighted by molar-refractivity contribution is 6.31. The topological polar surface area (TPSA) is 105 Å². The maximum absolute atomic E-state index is 13.7. The van der Waals surface area contributed by atoms with Crippen LogP contribution in [0.15, 0.2) is 72.0 Å². The van der Waals surface area contributed by atoms with Crippen molar-refractivity contribution in [2.45, 2.75) is 45.1 Å². The van der Waals surface area contributed by atoms with Crippen molar-refractivity contribution in [3.63, 3.8) is 0 Å². The van der Waals surface area contributed by atoms with Crippen LogP contribution in [-0.2, 0) is 11.2 Å². The number of nitrogens with zero attached hydrogens (tertiary/aromatic N) is 6. The summed E-state index contributed by atoms with van der Waals surface area (Å²) in [5.74, 6) is 0.164. The molecule has 0 aliphatic heterocycles. The summed E-state index contributed by atoms with van der Waals surface area (Å²) in [6.45, 7) is 2.01. The van der Waals surface area contributed by atoms with Gasteiger partial charge in [0.25, 0.3) is 12.0 Å². The molecule has 5 rings (SSSR count). The minimum atomic E-state index is -2.80. The van der Waals surface area contributed by atoms with Crippen LogP contribution in [-0.4, -0.2) is 42.4 Å². The average molecular weight is 593 g/mol. The Morgan fingerprint density at radius 1 is 1.02 bits per heavy atom. The molecule has 42 heavy (non-hydrogen) atoms. The highest BCUT2D eigenvalue weighted by atomic mass is 35.5. The number of benzene rings is 2. The smallest absolute Gasteiger partial charge is 0.283 e. The van der Waals surface area contributed by atoms with Crippen molar-refractivity contribution >= 4 is 28.4 Å². The lowest BCUT2D eigenvalue weighted by molar-refractivity contribution is -0.121. The Bertz CT molecular complexity index is 1810. The first kappa shape index (κ1) is 29.0. The number of rotatable bonds is 11. The molecule has 3 aromatic heterocycles. The van der Waals surface area contributed by atoms with Gasteiger partial charge in [-0.2, -0.15) is 0 Å². The zero-order valence-corrected chi connectivity index (χ0v) is 23.6. The lowest BCUT2D eigenvalue weighted by Crippen LogP contribution is -2.30. The van der Waals surface area contributed by atoms with Gasteiger partial charge in [0.15, 0.2) is 5.78 Å². The quantitative estimate of drug-likeness (QED) is 0.180. The number of Topliss-reactive ketones (excluding diaryl/α,β-unsaturated/α-hetero) is 1. The van der Waals surface area contributed by atoms with E-state index in [0.29, 0.717) is 39.5 Å². The Labute approximate surface area is 244 Å². The number of hydrogen-bond donors (Lipinski definition) is 0. The molecule has 2 aromatic carbocycles. The molecule has 3 heterocycles. The fraction of sp³-hybridized carbons (Fsp3) is 0.267. The minimum Gasteiger partial charge on any atom is -0.495 e. The third-order valence-electron chi connectivity index (χ3n) is 6.94. The van der Waals surface area contributed by atoms with Crippen LogP contribution in [0, 0.1) is 0 Å². The van der Waals surface area contributed by atoms with Crippen molar-refractivity contribution in [3.8, 4) is 22.6 Å². The van der Waals surface area contributed by atoms with E-state index >= 15 is 0 Å². The first-order valence-electron chi connectivity index (χ1n) is 13.3. The van der Waals surface area contributed by atoms with Gasteiger partial charge < -0.3 is 9.30 Å². The summed E-state index contributed by atoms with van der Waals surface area (Å²) in [5.41, 5.74) is 2.41. The number of ether oxygens (including phenoxy) is 1. The monoisotopic (exact) mass is 592 g/mol. The van der Waals surface area contributed by atoms with E-state index in [0.717, 1.165) is 30.1 Å². The number of halogens is 3. The lowest BCUT2D eigenvalue weighted by atomic mass is 9.98. The number of carbonyl (C=O) groups excluding carboxylic acids is 1. The molecule has 0 fully saturated rings. The lowest BCUT2D eigenvalue weighted by Gasteiger charge is -2.21. The number of methoxy groups -OCH3 is 1. The summed E-state index contributed by atoms with van der Waals surface area (Å²) in [4.78, 5) is 35.9. The number of ketones is 1. The summed E-state index contributed by atoms with van der Waals surface area (Å²) >= 11 is 6.30. The molecule has 0 aliphatic rings. The van der Waals surface area contributed by atoms with Crippen molar-refractivity contribution in [3.05, 3.63) is 93.9 Å². The van der Waals surface area contributed by atoms with E-state index in [4.69, 9.17) is 16.3 Å². The predicted octanol–water partition coefficient (Wildman–Crippen LogP) is 6.18. The molecule has 0 radical (unpaired) electrons. The molecular formula is C30H27ClF2N6O3. The Hall–Kier alpha value is -4.51. The largest absolute Gasteiger partial charge is 0.495 e. The van der Waals surface area contributed by atoms with Crippen molar-refractivity contribution in [2.75, 3.05) is 7.11 Å². The fourth-order valence-corrected chi connectivity index (χ4v) is 5.03. The second-order valence-corrected chi connectivity index (χ2v) is 10.2. The number of hydrogen-bond acceptors (Lipinski definition) is 7. The molecule has 0 aliphatic carbocycles. The van der Waals surface area contributed by atoms with Gasteiger partial charge in [0.1, 0.15) is 11.4 Å². The van der Waals surface area contributed by atoms with Crippen LogP contribution in [0.5, 0.6) is 5.75 Å². The summed E-state index contributed by atoms with van der Waals surface area (Å²) in [6, 6.07) is 10.9. The number of fused-ring (bicyclic) bond motifs is 1. The van der Waals surface area contributed by atoms with E-state index in [9.17, 15) is 18.4 Å². The molecule has 0 saturated heterocycles. The molecule has 216 valence electrons. The summed E-state index contributed by atoms with van der Waals surface area (Å²) in [6.07, 6.45) is 5.16. The van der Waals surface area contributed by atoms with Crippen LogP contribution in [0.4, 0.5) is 8.78 Å². The van der Waals surface area contributed by atoms with Crippen molar-refractivity contribution < 1.29 is 18.3 Å². The molecule has 9 nitrogen and oxygen atoms in total. The highest BCUT2D eigenvalue weighted by Gasteiger charge is 2.25. The van der Waals surface area contributed by atoms with Crippen LogP contribution < -0.4 is 10.3 Å². The normalized spacial score (nSPS) is 12.1. The fourth-order valence-electron chi connectivity index (χ4n) is 4.85. The van der Waals surface area contributed by atoms with Crippen molar-refractivity contribution in [1.29, 1.82) is 0 Å². The molecule has 0 saturated carbocycles. The van der Waals surface area contributed by atoms with Gasteiger partial charge in [-0.3, -0.25) is 19.6 Å². The van der Waals surface area contributed by atoms with Crippen molar-refractivity contribution in [2.24, 2.45) is 0 Å². The van der Waals surface area contributed by atoms with E-state index in [1.54, 1.807) is 30.6 Å². The number of aromatic nitrogens is 6. The van der Waals surface area contributed by atoms with Crippen LogP contribution in [0.3, 0.4) is 0 Å². The van der Waals surface area contributed by atoms with E-state index in [1.807, 2.05) is 25.1 Å². The third kappa shape index (κ3) is 6.06. The predicted molar refractivity (Wildman–Crippen MR) is 154 cm³/mol. The van der Waals surface area contributed by atoms with E-state index in [2.05, 4.69) is 20.3 Å². The molecule has 0 bridgehead atoms. The molecule has 0 N–H and O–H groups in total. The summed E-state index contributed by atoms with van der Waals surface area (Å²) < 4.78 is 34.7. The van der Waals surface area contributed by atoms with Gasteiger partial charge in [0, 0.05) is 41.0 Å². The maximum atomic E-state index is 13.7. The highest BCUT2D eigenvalue weighted by Crippen LogP contribution is 2.36. The Morgan fingerprint density at radius 3 is 2.52 bits per heavy atom. The SMILES string of the molecule is CCCCC(C(=O)Cc1ccc2nccnc2c1)n1cc(OC)c(-c2cc(Cl)ccc2-n2cc(C(F)F)nn2)cc1=O. The van der Waals surface area contributed by atoms with Crippen LogP contribution >= 0.6 is 11.6 Å². The number of unbranched alkanes of at least 4 members (excludes halogenated alkanes) is 1. The first-order valence-corrected chi connectivity index (χ1v) is 13.7. The average Bonchev–Trinajstić information content (AvgIpc) is 3.48. The number of alkyl halides is 2. The summed E-state index contributed by atoms with van der Waals surface area (Å²) in [7, 11) is 1.45. The van der Waals surface area contributed by atoms with Gasteiger partial charge in [0.2, 0.25) is 0 Å². The molecular weight excluding hydrogens is 566 g/mol. The Kier molecular flexibility index (Phi) is 8.67. The summed E-state index contributed by atoms with van der Waals surface area (Å²) in [5, 5.41) is 7.72. The molecule has 12 heteroatoms. The molecule has 1 atom stereocenters. The molecule has 0 spiro atoms. The van der Waals surface area contributed by atoms with Crippen LogP contribution in [0.25, 0.3) is 27.8 Å². The Balaban J connectivity index is 1.54. The second-order valence-electron chi connectivity index (χ2n) is 9.73. The van der Waals surface area contributed by atoms with Gasteiger partial charge in [-0.1, -0.05) is 42.6 Å². The van der Waals surface area contributed by atoms with Gasteiger partial charge in [0.05, 0.1) is 42.3 Å². The maximum Gasteiger partial charge on any atom is 0.283 e. The second kappa shape index (κ2) is 12.6. The van der Waals surface area contributed by atoms with Gasteiger partial charge in [-0.05, 0) is 42.3 Å². The number of pyridine rings is 1. The standard InChI is InChI=1S/C30H27ClF2N6O3/c1-3-4-5-26(27(40)13-18-6-8-22-23(12-18)35-11-10-34-22)38-17-28(42-2)21(15-29(38)41)20-14-19(31)7-9-25(20)39-16-24(30(32)33)36-37-39/h6-12,14-17,26,30H,3-5,13H2,1-2H3. The zero-order valence-electron chi connectivity index (χ0n) is 22.9. The number of carbonyl (C=O) groups is 1. The zero-order chi connectivity index (χ0) is 29.8. The molecule has 1 unspecified atom stereocenters.